The van der Waals surface area contributed by atoms with Crippen molar-refractivity contribution in [1.82, 2.24) is 0 Å². The highest BCUT2D eigenvalue weighted by Crippen LogP contribution is 2.26. The molecule has 0 saturated heterocycles. The molecular weight excluding hydrogens is 316 g/mol. The largest absolute Gasteiger partial charge is 0.380 e. The monoisotopic (exact) mass is 342 g/mol. The first-order chi connectivity index (χ1) is 9.62. The Bertz CT molecular complexity index is 398. The van der Waals surface area contributed by atoms with Crippen molar-refractivity contribution in [2.45, 2.75) is 39.7 Å². The first-order valence-electron chi connectivity index (χ1n) is 7.49. The molecular formula is C16H27BrN2O. The van der Waals surface area contributed by atoms with Gasteiger partial charge in [0.2, 0.25) is 0 Å². The maximum absolute atomic E-state index is 6.12. The molecule has 0 spiro atoms. The molecule has 0 radical (unpaired) electrons. The molecule has 1 aromatic rings. The number of nitrogens with zero attached hydrogens (tertiary/aromatic N) is 1. The molecule has 0 aliphatic heterocycles. The van der Waals surface area contributed by atoms with Gasteiger partial charge < -0.3 is 15.4 Å². The van der Waals surface area contributed by atoms with E-state index in [1.54, 1.807) is 0 Å². The Hall–Kier alpha value is -0.580. The van der Waals surface area contributed by atoms with Crippen LogP contribution in [0.15, 0.2) is 22.7 Å². The minimum absolute atomic E-state index is 0.223. The molecule has 0 saturated carbocycles. The van der Waals surface area contributed by atoms with Crippen molar-refractivity contribution in [3.8, 4) is 0 Å². The fourth-order valence-corrected chi connectivity index (χ4v) is 2.55. The van der Waals surface area contributed by atoms with Crippen molar-refractivity contribution in [1.29, 1.82) is 0 Å². The third-order valence-corrected chi connectivity index (χ3v) is 3.98. The van der Waals surface area contributed by atoms with E-state index in [2.05, 4.69) is 52.9 Å². The fourth-order valence-electron chi connectivity index (χ4n) is 2.20. The van der Waals surface area contributed by atoms with Crippen LogP contribution in [0.3, 0.4) is 0 Å². The number of ether oxygens (including phenoxy) is 1. The van der Waals surface area contributed by atoms with E-state index < -0.39 is 0 Å². The summed E-state index contributed by atoms with van der Waals surface area (Å²) < 4.78 is 6.59. The summed E-state index contributed by atoms with van der Waals surface area (Å²) in [5, 5.41) is 0. The zero-order valence-electron chi connectivity index (χ0n) is 12.9. The van der Waals surface area contributed by atoms with E-state index in [0.717, 1.165) is 43.6 Å². The van der Waals surface area contributed by atoms with Crippen LogP contribution in [0.2, 0.25) is 0 Å². The van der Waals surface area contributed by atoms with Crippen molar-refractivity contribution >= 4 is 21.6 Å². The first-order valence-corrected chi connectivity index (χ1v) is 8.28. The number of anilines is 1. The number of hydrogen-bond donors (Lipinski definition) is 1. The van der Waals surface area contributed by atoms with E-state index in [0.29, 0.717) is 0 Å². The van der Waals surface area contributed by atoms with Crippen LogP contribution >= 0.6 is 15.9 Å². The second-order valence-electron chi connectivity index (χ2n) is 4.92. The van der Waals surface area contributed by atoms with Crippen molar-refractivity contribution in [3.63, 3.8) is 0 Å². The predicted molar refractivity (Wildman–Crippen MR) is 90.5 cm³/mol. The SMILES string of the molecule is CCOCCN(CC)c1cc(Br)ccc1CC(N)CC. The quantitative estimate of drug-likeness (QED) is 0.697. The number of halogens is 1. The van der Waals surface area contributed by atoms with E-state index in [4.69, 9.17) is 10.5 Å². The highest BCUT2D eigenvalue weighted by Gasteiger charge is 2.12. The molecule has 0 amide bonds. The second kappa shape index (κ2) is 9.37. The minimum Gasteiger partial charge on any atom is -0.380 e. The molecule has 3 nitrogen and oxygen atoms in total. The van der Waals surface area contributed by atoms with Gasteiger partial charge in [0, 0.05) is 35.9 Å². The van der Waals surface area contributed by atoms with Crippen molar-refractivity contribution in [2.75, 3.05) is 31.2 Å². The standard InChI is InChI=1S/C16H27BrN2O/c1-4-15(18)11-13-7-8-14(17)12-16(13)19(5-2)9-10-20-6-3/h7-8,12,15H,4-6,9-11,18H2,1-3H3. The zero-order chi connectivity index (χ0) is 15.0. The predicted octanol–water partition coefficient (Wildman–Crippen LogP) is 3.59. The average Bonchev–Trinajstić information content (AvgIpc) is 2.45. The van der Waals surface area contributed by atoms with Crippen molar-refractivity contribution in [2.24, 2.45) is 5.73 Å². The summed E-state index contributed by atoms with van der Waals surface area (Å²) in [5.74, 6) is 0. The molecule has 0 heterocycles. The lowest BCUT2D eigenvalue weighted by molar-refractivity contribution is 0.154. The third-order valence-electron chi connectivity index (χ3n) is 3.49. The van der Waals surface area contributed by atoms with Crippen LogP contribution in [0, 0.1) is 0 Å². The Kier molecular flexibility index (Phi) is 8.19. The zero-order valence-corrected chi connectivity index (χ0v) is 14.4. The minimum atomic E-state index is 0.223. The lowest BCUT2D eigenvalue weighted by Gasteiger charge is -2.27. The van der Waals surface area contributed by atoms with Gasteiger partial charge in [0.05, 0.1) is 6.61 Å². The molecule has 1 aromatic carbocycles. The molecule has 0 aliphatic carbocycles. The molecule has 0 fully saturated rings. The topological polar surface area (TPSA) is 38.5 Å². The van der Waals surface area contributed by atoms with Crippen LogP contribution in [0.5, 0.6) is 0 Å². The number of hydrogen-bond acceptors (Lipinski definition) is 3. The van der Waals surface area contributed by atoms with E-state index in [-0.39, 0.29) is 6.04 Å². The first kappa shape index (κ1) is 17.5. The van der Waals surface area contributed by atoms with Gasteiger partial charge in [-0.3, -0.25) is 0 Å². The number of rotatable bonds is 9. The van der Waals surface area contributed by atoms with E-state index in [1.807, 2.05) is 6.92 Å². The van der Waals surface area contributed by atoms with Crippen LogP contribution in [-0.2, 0) is 11.2 Å². The van der Waals surface area contributed by atoms with Crippen molar-refractivity contribution in [3.05, 3.63) is 28.2 Å². The fraction of sp³-hybridized carbons (Fsp3) is 0.625. The molecule has 1 atom stereocenters. The lowest BCUT2D eigenvalue weighted by atomic mass is 10.0. The highest BCUT2D eigenvalue weighted by atomic mass is 79.9. The van der Waals surface area contributed by atoms with E-state index >= 15 is 0 Å². The van der Waals surface area contributed by atoms with Gasteiger partial charge in [-0.15, -0.1) is 0 Å². The van der Waals surface area contributed by atoms with Gasteiger partial charge in [0.1, 0.15) is 0 Å². The molecule has 1 rings (SSSR count). The summed E-state index contributed by atoms with van der Waals surface area (Å²) in [6, 6.07) is 6.68. The summed E-state index contributed by atoms with van der Waals surface area (Å²) in [6.07, 6.45) is 1.92. The van der Waals surface area contributed by atoms with E-state index in [9.17, 15) is 0 Å². The lowest BCUT2D eigenvalue weighted by Crippen LogP contribution is -2.29. The number of benzene rings is 1. The van der Waals surface area contributed by atoms with E-state index in [1.165, 1.54) is 11.3 Å². The normalized spacial score (nSPS) is 12.4. The van der Waals surface area contributed by atoms with Gasteiger partial charge in [-0.25, -0.2) is 0 Å². The van der Waals surface area contributed by atoms with Gasteiger partial charge in [0.15, 0.2) is 0 Å². The Balaban J connectivity index is 2.90. The van der Waals surface area contributed by atoms with Crippen LogP contribution in [-0.4, -0.2) is 32.3 Å². The highest BCUT2D eigenvalue weighted by molar-refractivity contribution is 9.10. The van der Waals surface area contributed by atoms with Crippen LogP contribution in [0.1, 0.15) is 32.8 Å². The Labute approximate surface area is 131 Å². The molecule has 114 valence electrons. The Morgan fingerprint density at radius 1 is 1.30 bits per heavy atom. The maximum Gasteiger partial charge on any atom is 0.0641 e. The summed E-state index contributed by atoms with van der Waals surface area (Å²) in [7, 11) is 0. The van der Waals surface area contributed by atoms with Gasteiger partial charge >= 0.3 is 0 Å². The summed E-state index contributed by atoms with van der Waals surface area (Å²) in [5.41, 5.74) is 8.71. The van der Waals surface area contributed by atoms with Crippen LogP contribution < -0.4 is 10.6 Å². The summed E-state index contributed by atoms with van der Waals surface area (Å²) in [4.78, 5) is 2.36. The maximum atomic E-state index is 6.12. The molecule has 0 aliphatic rings. The molecule has 2 N–H and O–H groups in total. The average molecular weight is 343 g/mol. The smallest absolute Gasteiger partial charge is 0.0641 e. The molecule has 1 unspecified atom stereocenters. The van der Waals surface area contributed by atoms with Gasteiger partial charge in [-0.05, 0) is 44.4 Å². The number of likely N-dealkylation sites (N-methyl/N-ethyl adjacent to an activating group) is 1. The van der Waals surface area contributed by atoms with Crippen molar-refractivity contribution < 1.29 is 4.74 Å². The molecule has 0 aromatic heterocycles. The van der Waals surface area contributed by atoms with Crippen LogP contribution in [0.25, 0.3) is 0 Å². The molecule has 4 heteroatoms. The number of nitrogens with two attached hydrogens (primary N) is 1. The molecule has 0 bridgehead atoms. The molecule has 20 heavy (non-hydrogen) atoms. The Morgan fingerprint density at radius 3 is 2.65 bits per heavy atom. The van der Waals surface area contributed by atoms with Crippen LogP contribution in [0.4, 0.5) is 5.69 Å². The summed E-state index contributed by atoms with van der Waals surface area (Å²) >= 11 is 3.57. The van der Waals surface area contributed by atoms with Gasteiger partial charge in [0.25, 0.3) is 0 Å². The van der Waals surface area contributed by atoms with Gasteiger partial charge in [-0.1, -0.05) is 28.9 Å². The summed E-state index contributed by atoms with van der Waals surface area (Å²) in [6.45, 7) is 9.75. The Morgan fingerprint density at radius 2 is 2.05 bits per heavy atom. The second-order valence-corrected chi connectivity index (χ2v) is 5.84. The third kappa shape index (κ3) is 5.43. The van der Waals surface area contributed by atoms with Gasteiger partial charge in [-0.2, -0.15) is 0 Å².